The number of hydrogen-bond donors (Lipinski definition) is 2. The Labute approximate surface area is 112 Å². The van der Waals surface area contributed by atoms with E-state index in [1.54, 1.807) is 0 Å². The molecule has 1 heterocycles. The smallest absolute Gasteiger partial charge is 0.170 e. The van der Waals surface area contributed by atoms with Crippen LogP contribution in [0.4, 0.5) is 0 Å². The Bertz CT molecular complexity index is 533. The van der Waals surface area contributed by atoms with E-state index in [0.29, 0.717) is 12.1 Å². The molecule has 0 radical (unpaired) electrons. The number of oxime groups is 1. The summed E-state index contributed by atoms with van der Waals surface area (Å²) in [4.78, 5) is 0. The summed E-state index contributed by atoms with van der Waals surface area (Å²) < 4.78 is 2.97. The Morgan fingerprint density at radius 3 is 2.65 bits per heavy atom. The van der Waals surface area contributed by atoms with Crippen molar-refractivity contribution in [2.45, 2.75) is 6.54 Å². The Morgan fingerprint density at radius 1 is 1.41 bits per heavy atom. The highest BCUT2D eigenvalue weighted by atomic mass is 127. The van der Waals surface area contributed by atoms with Gasteiger partial charge in [-0.15, -0.1) is 0 Å². The minimum Gasteiger partial charge on any atom is -0.409 e. The van der Waals surface area contributed by atoms with E-state index < -0.39 is 0 Å². The van der Waals surface area contributed by atoms with Crippen molar-refractivity contribution in [2.75, 3.05) is 0 Å². The van der Waals surface area contributed by atoms with Gasteiger partial charge in [0.1, 0.15) is 0 Å². The molecule has 88 valence electrons. The molecule has 0 saturated heterocycles. The quantitative estimate of drug-likeness (QED) is 0.293. The van der Waals surface area contributed by atoms with Crippen LogP contribution in [0, 0.1) is 3.57 Å². The molecule has 0 amide bonds. The first kappa shape index (κ1) is 11.9. The molecule has 0 spiro atoms. The number of rotatable bonds is 3. The summed E-state index contributed by atoms with van der Waals surface area (Å²) in [5, 5.41) is 15.7. The van der Waals surface area contributed by atoms with Gasteiger partial charge in [-0.1, -0.05) is 29.4 Å². The van der Waals surface area contributed by atoms with Gasteiger partial charge in [-0.3, -0.25) is 4.68 Å². The van der Waals surface area contributed by atoms with Crippen molar-refractivity contribution < 1.29 is 5.21 Å². The first-order chi connectivity index (χ1) is 8.19. The lowest BCUT2D eigenvalue weighted by atomic mass is 10.1. The second-order valence-corrected chi connectivity index (χ2v) is 4.78. The summed E-state index contributed by atoms with van der Waals surface area (Å²) >= 11 is 2.22. The number of amidine groups is 1. The van der Waals surface area contributed by atoms with Crippen LogP contribution in [0.2, 0.25) is 0 Å². The van der Waals surface area contributed by atoms with E-state index in [1.807, 2.05) is 41.3 Å². The third kappa shape index (κ3) is 2.96. The first-order valence-corrected chi connectivity index (χ1v) is 6.01. The Hall–Kier alpha value is -1.57. The summed E-state index contributed by atoms with van der Waals surface area (Å²) in [6, 6.07) is 7.50. The molecular weight excluding hydrogens is 331 g/mol. The Kier molecular flexibility index (Phi) is 3.62. The number of halogens is 1. The number of benzene rings is 1. The molecule has 2 rings (SSSR count). The van der Waals surface area contributed by atoms with Gasteiger partial charge in [-0.05, 0) is 28.2 Å². The maximum absolute atomic E-state index is 8.54. The van der Waals surface area contributed by atoms with Crippen molar-refractivity contribution in [1.82, 2.24) is 9.78 Å². The monoisotopic (exact) mass is 342 g/mol. The minimum absolute atomic E-state index is 0.116. The molecule has 0 unspecified atom stereocenters. The standard InChI is InChI=1S/C11H11IN4O/c12-10-5-14-16(7-10)6-8-1-3-9(4-2-8)11(13)15-17/h1-5,7,17H,6H2,(H2,13,15). The predicted molar refractivity (Wildman–Crippen MR) is 73.0 cm³/mol. The topological polar surface area (TPSA) is 76.4 Å². The zero-order chi connectivity index (χ0) is 12.3. The lowest BCUT2D eigenvalue weighted by Crippen LogP contribution is -2.13. The van der Waals surface area contributed by atoms with Gasteiger partial charge in [0.05, 0.1) is 16.3 Å². The molecule has 0 atom stereocenters. The Morgan fingerprint density at radius 2 is 2.12 bits per heavy atom. The fourth-order valence-corrected chi connectivity index (χ4v) is 1.90. The molecule has 3 N–H and O–H groups in total. The van der Waals surface area contributed by atoms with Crippen molar-refractivity contribution in [3.8, 4) is 0 Å². The van der Waals surface area contributed by atoms with Crippen molar-refractivity contribution in [3.05, 3.63) is 51.4 Å². The van der Waals surface area contributed by atoms with Gasteiger partial charge in [-0.2, -0.15) is 5.10 Å². The molecule has 5 nitrogen and oxygen atoms in total. The summed E-state index contributed by atoms with van der Waals surface area (Å²) in [6.07, 6.45) is 3.78. The van der Waals surface area contributed by atoms with Gasteiger partial charge in [0.25, 0.3) is 0 Å². The molecule has 6 heteroatoms. The third-order valence-corrected chi connectivity index (χ3v) is 2.86. The van der Waals surface area contributed by atoms with Crippen LogP contribution in [0.5, 0.6) is 0 Å². The van der Waals surface area contributed by atoms with Gasteiger partial charge < -0.3 is 10.9 Å². The highest BCUT2D eigenvalue weighted by Crippen LogP contribution is 2.08. The number of hydrogen-bond acceptors (Lipinski definition) is 3. The maximum atomic E-state index is 8.54. The van der Waals surface area contributed by atoms with Gasteiger partial charge >= 0.3 is 0 Å². The van der Waals surface area contributed by atoms with Crippen LogP contribution in [-0.2, 0) is 6.54 Å². The van der Waals surface area contributed by atoms with Crippen LogP contribution in [0.1, 0.15) is 11.1 Å². The van der Waals surface area contributed by atoms with Crippen molar-refractivity contribution in [3.63, 3.8) is 0 Å². The third-order valence-electron chi connectivity index (χ3n) is 2.30. The van der Waals surface area contributed by atoms with Crippen LogP contribution >= 0.6 is 22.6 Å². The van der Waals surface area contributed by atoms with Gasteiger partial charge in [-0.25, -0.2) is 0 Å². The van der Waals surface area contributed by atoms with Crippen molar-refractivity contribution in [2.24, 2.45) is 10.9 Å². The lowest BCUT2D eigenvalue weighted by Gasteiger charge is -2.03. The summed E-state index contributed by atoms with van der Waals surface area (Å²) in [5.74, 6) is 0.116. The first-order valence-electron chi connectivity index (χ1n) is 4.94. The molecule has 0 aliphatic heterocycles. The van der Waals surface area contributed by atoms with Crippen LogP contribution < -0.4 is 5.73 Å². The molecule has 0 bridgehead atoms. The predicted octanol–water partition coefficient (Wildman–Crippen LogP) is 1.63. The van der Waals surface area contributed by atoms with Crippen LogP contribution in [0.3, 0.4) is 0 Å². The van der Waals surface area contributed by atoms with E-state index in [9.17, 15) is 0 Å². The zero-order valence-corrected chi connectivity index (χ0v) is 11.1. The number of aromatic nitrogens is 2. The second kappa shape index (κ2) is 5.17. The molecule has 0 aliphatic rings. The molecule has 1 aromatic carbocycles. The zero-order valence-electron chi connectivity index (χ0n) is 8.92. The average Bonchev–Trinajstić information content (AvgIpc) is 2.75. The van der Waals surface area contributed by atoms with E-state index in [4.69, 9.17) is 10.9 Å². The molecule has 17 heavy (non-hydrogen) atoms. The van der Waals surface area contributed by atoms with Gasteiger partial charge in [0, 0.05) is 11.8 Å². The van der Waals surface area contributed by atoms with E-state index in [-0.39, 0.29) is 5.84 Å². The minimum atomic E-state index is 0.116. The van der Waals surface area contributed by atoms with E-state index in [1.165, 1.54) is 0 Å². The summed E-state index contributed by atoms with van der Waals surface area (Å²) in [6.45, 7) is 0.708. The fourth-order valence-electron chi connectivity index (χ4n) is 1.45. The van der Waals surface area contributed by atoms with Crippen LogP contribution in [0.15, 0.2) is 41.8 Å². The Balaban J connectivity index is 2.13. The fraction of sp³-hybridized carbons (Fsp3) is 0.0909. The lowest BCUT2D eigenvalue weighted by molar-refractivity contribution is 0.318. The highest BCUT2D eigenvalue weighted by Gasteiger charge is 2.00. The van der Waals surface area contributed by atoms with E-state index >= 15 is 0 Å². The second-order valence-electron chi connectivity index (χ2n) is 3.54. The summed E-state index contributed by atoms with van der Waals surface area (Å²) in [7, 11) is 0. The molecule has 0 saturated carbocycles. The molecule has 0 aliphatic carbocycles. The van der Waals surface area contributed by atoms with Crippen LogP contribution in [-0.4, -0.2) is 20.8 Å². The average molecular weight is 342 g/mol. The van der Waals surface area contributed by atoms with Gasteiger partial charge in [0.2, 0.25) is 0 Å². The number of nitrogens with zero attached hydrogens (tertiary/aromatic N) is 3. The largest absolute Gasteiger partial charge is 0.409 e. The normalized spacial score (nSPS) is 11.7. The molecule has 2 aromatic rings. The van der Waals surface area contributed by atoms with Gasteiger partial charge in [0.15, 0.2) is 5.84 Å². The van der Waals surface area contributed by atoms with Crippen molar-refractivity contribution in [1.29, 1.82) is 0 Å². The molecule has 1 aromatic heterocycles. The molecule has 0 fully saturated rings. The highest BCUT2D eigenvalue weighted by molar-refractivity contribution is 14.1. The van der Waals surface area contributed by atoms with Crippen LogP contribution in [0.25, 0.3) is 0 Å². The maximum Gasteiger partial charge on any atom is 0.170 e. The van der Waals surface area contributed by atoms with E-state index in [0.717, 1.165) is 9.13 Å². The molecular formula is C11H11IN4O. The number of nitrogens with two attached hydrogens (primary N) is 1. The SMILES string of the molecule is NC(=NO)c1ccc(Cn2cc(I)cn2)cc1. The van der Waals surface area contributed by atoms with E-state index in [2.05, 4.69) is 32.8 Å². The van der Waals surface area contributed by atoms with Crippen molar-refractivity contribution >= 4 is 28.4 Å². The summed E-state index contributed by atoms with van der Waals surface area (Å²) in [5.41, 5.74) is 7.29.